The van der Waals surface area contributed by atoms with Crippen LogP contribution >= 0.6 is 0 Å². The summed E-state index contributed by atoms with van der Waals surface area (Å²) in [6, 6.07) is -0.244. The van der Waals surface area contributed by atoms with Crippen LogP contribution in [-0.2, 0) is 14.3 Å². The smallest absolute Gasteiger partial charge is 0.417 e. The molecule has 0 radical (unpaired) electrons. The number of allylic oxidation sites excluding steroid dienone is 1. The molecule has 0 aromatic heterocycles. The fourth-order valence-electron chi connectivity index (χ4n) is 8.54. The Morgan fingerprint density at radius 3 is 2.43 bits per heavy atom. The highest BCUT2D eigenvalue weighted by Gasteiger charge is 2.73. The largest absolute Gasteiger partial charge is 0.443 e. The van der Waals surface area contributed by atoms with E-state index in [1.165, 1.54) is 11.3 Å². The van der Waals surface area contributed by atoms with E-state index in [0.29, 0.717) is 17.4 Å². The van der Waals surface area contributed by atoms with E-state index in [1.807, 2.05) is 6.92 Å². The molecular weight excluding hydrogens is 354 g/mol. The molecule has 150 valence electrons. The van der Waals surface area contributed by atoms with Crippen LogP contribution in [0.1, 0.15) is 59.8 Å². The van der Waals surface area contributed by atoms with Gasteiger partial charge in [0, 0.05) is 11.8 Å². The molecule has 1 aliphatic heterocycles. The number of nitrogens with zero attached hydrogens (tertiary/aromatic N) is 1. The van der Waals surface area contributed by atoms with Crippen LogP contribution in [0.5, 0.6) is 0 Å². The minimum atomic E-state index is -0.540. The Morgan fingerprint density at radius 1 is 1.07 bits per heavy atom. The molecule has 0 spiro atoms. The maximum atomic E-state index is 13.7. The van der Waals surface area contributed by atoms with Gasteiger partial charge in [0.15, 0.2) is 5.78 Å². The van der Waals surface area contributed by atoms with Gasteiger partial charge in [-0.3, -0.25) is 9.59 Å². The topological polar surface area (TPSA) is 63.7 Å². The highest BCUT2D eigenvalue weighted by Crippen LogP contribution is 2.69. The molecule has 5 nitrogen and oxygen atoms in total. The lowest BCUT2D eigenvalue weighted by Crippen LogP contribution is -2.51. The van der Waals surface area contributed by atoms with Crippen LogP contribution < -0.4 is 0 Å². The number of hydrogen-bond donors (Lipinski definition) is 0. The Labute approximate surface area is 165 Å². The van der Waals surface area contributed by atoms with Gasteiger partial charge in [-0.25, -0.2) is 9.69 Å². The van der Waals surface area contributed by atoms with Crippen molar-refractivity contribution in [3.63, 3.8) is 0 Å². The third-order valence-corrected chi connectivity index (χ3v) is 10.2. The molecule has 5 aliphatic carbocycles. The number of Topliss-reactive ketones (excluding diaryl/α,β-unsaturated/α-hetero) is 1. The normalized spacial score (nSPS) is 49.9. The standard InChI is InChI=1S/C23H29NO4/c1-10-14-11-5-6-12(9-11)16(14)17(25)15(10)20(26)24-19-18(28-21(24)27)13-7-8-23(19,4)22(13,2)3/h11-14,16,18-19H,5-9H2,1-4H3/t11?,12?,13-,14?,16?,18-,19-,23+/m1/s1. The van der Waals surface area contributed by atoms with Crippen LogP contribution in [0.2, 0.25) is 0 Å². The summed E-state index contributed by atoms with van der Waals surface area (Å²) in [6.07, 6.45) is 4.67. The Morgan fingerprint density at radius 2 is 1.75 bits per heavy atom. The lowest BCUT2D eigenvalue weighted by molar-refractivity contribution is -0.131. The molecule has 1 saturated heterocycles. The van der Waals surface area contributed by atoms with Gasteiger partial charge in [0.05, 0.1) is 11.6 Å². The molecule has 0 aromatic rings. The molecule has 6 rings (SSSR count). The summed E-state index contributed by atoms with van der Waals surface area (Å²) in [6.45, 7) is 8.65. The SMILES string of the molecule is CC1=C(C(=O)N2C(=O)O[C@@H]3[C@H]4CC[C@@](C)([C@@H]32)C4(C)C)C(=O)C2C3CCC(C3)C12. The van der Waals surface area contributed by atoms with Gasteiger partial charge >= 0.3 is 6.09 Å². The quantitative estimate of drug-likeness (QED) is 0.648. The molecule has 5 fully saturated rings. The van der Waals surface area contributed by atoms with Crippen molar-refractivity contribution in [3.8, 4) is 0 Å². The Balaban J connectivity index is 1.40. The first-order valence-electron chi connectivity index (χ1n) is 11.0. The first-order chi connectivity index (χ1) is 13.2. The second kappa shape index (κ2) is 4.91. The van der Waals surface area contributed by atoms with Crippen molar-refractivity contribution in [2.24, 2.45) is 40.4 Å². The predicted octanol–water partition coefficient (Wildman–Crippen LogP) is 3.72. The lowest BCUT2D eigenvalue weighted by Gasteiger charge is -2.40. The minimum absolute atomic E-state index is 0.00326. The predicted molar refractivity (Wildman–Crippen MR) is 101 cm³/mol. The number of ether oxygens (including phenoxy) is 1. The molecule has 2 amide bonds. The van der Waals surface area contributed by atoms with Crippen molar-refractivity contribution in [2.45, 2.75) is 71.9 Å². The van der Waals surface area contributed by atoms with E-state index in [9.17, 15) is 14.4 Å². The monoisotopic (exact) mass is 383 g/mol. The molecule has 0 N–H and O–H groups in total. The number of hydrogen-bond acceptors (Lipinski definition) is 4. The number of amides is 2. The van der Waals surface area contributed by atoms with Crippen LogP contribution in [-0.4, -0.2) is 34.8 Å². The number of fused-ring (bicyclic) bond motifs is 10. The number of rotatable bonds is 1. The zero-order valence-electron chi connectivity index (χ0n) is 17.2. The molecule has 0 aromatic carbocycles. The van der Waals surface area contributed by atoms with Gasteiger partial charge in [0.25, 0.3) is 5.91 Å². The highest BCUT2D eigenvalue weighted by molar-refractivity contribution is 6.25. The summed E-state index contributed by atoms with van der Waals surface area (Å²) >= 11 is 0. The molecule has 6 aliphatic rings. The maximum absolute atomic E-state index is 13.7. The summed E-state index contributed by atoms with van der Waals surface area (Å²) in [4.78, 5) is 41.1. The zero-order valence-corrected chi connectivity index (χ0v) is 17.2. The first-order valence-corrected chi connectivity index (χ1v) is 11.0. The molecular formula is C23H29NO4. The Bertz CT molecular complexity index is 872. The Hall–Kier alpha value is -1.65. The number of ketones is 1. The molecule has 28 heavy (non-hydrogen) atoms. The van der Waals surface area contributed by atoms with Gasteiger partial charge in [-0.05, 0) is 67.6 Å². The fraction of sp³-hybridized carbons (Fsp3) is 0.783. The van der Waals surface area contributed by atoms with Crippen molar-refractivity contribution < 1.29 is 19.1 Å². The summed E-state index contributed by atoms with van der Waals surface area (Å²) in [5, 5.41) is 0. The van der Waals surface area contributed by atoms with E-state index < -0.39 is 6.09 Å². The summed E-state index contributed by atoms with van der Waals surface area (Å²) in [5.41, 5.74) is 1.11. The maximum Gasteiger partial charge on any atom is 0.417 e. The van der Waals surface area contributed by atoms with E-state index in [1.54, 1.807) is 0 Å². The zero-order chi connectivity index (χ0) is 19.7. The molecule has 4 bridgehead atoms. The average molecular weight is 383 g/mol. The van der Waals surface area contributed by atoms with E-state index >= 15 is 0 Å². The number of imide groups is 1. The van der Waals surface area contributed by atoms with E-state index in [-0.39, 0.29) is 52.4 Å². The second-order valence-electron chi connectivity index (χ2n) is 11.1. The lowest BCUT2D eigenvalue weighted by atomic mass is 9.69. The minimum Gasteiger partial charge on any atom is -0.443 e. The molecule has 8 atom stereocenters. The van der Waals surface area contributed by atoms with Crippen LogP contribution in [0.15, 0.2) is 11.1 Å². The number of carbonyl (C=O) groups is 3. The van der Waals surface area contributed by atoms with Gasteiger partial charge in [-0.2, -0.15) is 0 Å². The third kappa shape index (κ3) is 1.63. The van der Waals surface area contributed by atoms with E-state index in [0.717, 1.165) is 31.3 Å². The van der Waals surface area contributed by atoms with Crippen molar-refractivity contribution in [1.82, 2.24) is 4.90 Å². The molecule has 4 saturated carbocycles. The van der Waals surface area contributed by atoms with Gasteiger partial charge in [0.2, 0.25) is 0 Å². The summed E-state index contributed by atoms with van der Waals surface area (Å²) in [7, 11) is 0. The molecule has 4 unspecified atom stereocenters. The highest BCUT2D eigenvalue weighted by atomic mass is 16.6. The fourth-order valence-corrected chi connectivity index (χ4v) is 8.54. The number of carbonyl (C=O) groups excluding carboxylic acids is 3. The van der Waals surface area contributed by atoms with Crippen molar-refractivity contribution in [2.75, 3.05) is 0 Å². The van der Waals surface area contributed by atoms with Gasteiger partial charge in [-0.1, -0.05) is 26.3 Å². The van der Waals surface area contributed by atoms with Crippen LogP contribution in [0.4, 0.5) is 4.79 Å². The van der Waals surface area contributed by atoms with Crippen molar-refractivity contribution in [1.29, 1.82) is 0 Å². The van der Waals surface area contributed by atoms with Crippen LogP contribution in [0, 0.1) is 40.4 Å². The molecule has 1 heterocycles. The second-order valence-corrected chi connectivity index (χ2v) is 11.1. The Kier molecular flexibility index (Phi) is 3.02. The summed E-state index contributed by atoms with van der Waals surface area (Å²) in [5.74, 6) is 1.10. The third-order valence-electron chi connectivity index (χ3n) is 10.2. The summed E-state index contributed by atoms with van der Waals surface area (Å²) < 4.78 is 5.76. The van der Waals surface area contributed by atoms with Crippen molar-refractivity contribution in [3.05, 3.63) is 11.1 Å². The van der Waals surface area contributed by atoms with E-state index in [4.69, 9.17) is 4.74 Å². The van der Waals surface area contributed by atoms with Crippen LogP contribution in [0.3, 0.4) is 0 Å². The molecule has 5 heteroatoms. The van der Waals surface area contributed by atoms with Gasteiger partial charge in [0.1, 0.15) is 6.10 Å². The van der Waals surface area contributed by atoms with Crippen LogP contribution in [0.25, 0.3) is 0 Å². The van der Waals surface area contributed by atoms with Gasteiger partial charge < -0.3 is 4.74 Å². The van der Waals surface area contributed by atoms with E-state index in [2.05, 4.69) is 20.8 Å². The van der Waals surface area contributed by atoms with Crippen molar-refractivity contribution >= 4 is 17.8 Å². The van der Waals surface area contributed by atoms with Gasteiger partial charge in [-0.15, -0.1) is 0 Å². The first kappa shape index (κ1) is 17.2. The average Bonchev–Trinajstić information content (AvgIpc) is 3.41.